The minimum Gasteiger partial charge on any atom is -0.396 e. The van der Waals surface area contributed by atoms with Gasteiger partial charge in [0.15, 0.2) is 5.78 Å². The highest BCUT2D eigenvalue weighted by Gasteiger charge is 2.31. The second-order valence-corrected chi connectivity index (χ2v) is 7.78. The molecule has 0 bridgehead atoms. The lowest BCUT2D eigenvalue weighted by atomic mass is 9.81. The van der Waals surface area contributed by atoms with Crippen LogP contribution in [0.2, 0.25) is 0 Å². The number of anilines is 2. The zero-order valence-corrected chi connectivity index (χ0v) is 17.3. The molecule has 6 nitrogen and oxygen atoms in total. The van der Waals surface area contributed by atoms with Crippen LogP contribution >= 0.6 is 0 Å². The maximum Gasteiger partial charge on any atom is 0.269 e. The van der Waals surface area contributed by atoms with E-state index in [2.05, 4.69) is 11.4 Å². The number of nitrogens with one attached hydrogen (secondary N) is 1. The summed E-state index contributed by atoms with van der Waals surface area (Å²) < 4.78 is 1.43. The van der Waals surface area contributed by atoms with Crippen molar-refractivity contribution in [1.29, 1.82) is 5.26 Å². The number of benzene rings is 3. The van der Waals surface area contributed by atoms with E-state index in [9.17, 15) is 14.9 Å². The van der Waals surface area contributed by atoms with Crippen molar-refractivity contribution in [3.05, 3.63) is 93.3 Å². The first-order chi connectivity index (χ1) is 15.5. The van der Waals surface area contributed by atoms with E-state index in [-0.39, 0.29) is 23.5 Å². The van der Waals surface area contributed by atoms with Gasteiger partial charge in [0.2, 0.25) is 0 Å². The van der Waals surface area contributed by atoms with E-state index < -0.39 is 0 Å². The van der Waals surface area contributed by atoms with Gasteiger partial charge in [0.05, 0.1) is 16.8 Å². The fourth-order valence-corrected chi connectivity index (χ4v) is 4.42. The Morgan fingerprint density at radius 2 is 1.69 bits per heavy atom. The highest BCUT2D eigenvalue weighted by molar-refractivity contribution is 6.28. The van der Waals surface area contributed by atoms with Crippen molar-refractivity contribution in [2.45, 2.75) is 6.42 Å². The number of rotatable bonds is 4. The lowest BCUT2D eigenvalue weighted by molar-refractivity contribution is 0.104. The van der Waals surface area contributed by atoms with Crippen LogP contribution in [0.3, 0.4) is 0 Å². The van der Waals surface area contributed by atoms with Crippen molar-refractivity contribution in [2.24, 2.45) is 7.05 Å². The number of pyridine rings is 1. The molecule has 0 aliphatic heterocycles. The SMILES string of the molecule is Cn1c(=O)c(C#N)c2c3c(c(Nc4ccc(CCO)cc4)ccc31)C(=O)c1ccccc1-2. The molecule has 0 amide bonds. The van der Waals surface area contributed by atoms with Crippen LogP contribution in [0, 0.1) is 11.3 Å². The molecule has 0 saturated heterocycles. The van der Waals surface area contributed by atoms with Gasteiger partial charge in [0.1, 0.15) is 11.6 Å². The molecule has 2 N–H and O–H groups in total. The number of hydrogen-bond donors (Lipinski definition) is 2. The van der Waals surface area contributed by atoms with E-state index >= 15 is 0 Å². The fraction of sp³-hybridized carbons (Fsp3) is 0.115. The summed E-state index contributed by atoms with van der Waals surface area (Å²) in [5.74, 6) is -0.152. The first-order valence-corrected chi connectivity index (χ1v) is 10.3. The molecule has 1 heterocycles. The van der Waals surface area contributed by atoms with Gasteiger partial charge in [-0.1, -0.05) is 36.4 Å². The largest absolute Gasteiger partial charge is 0.396 e. The molecule has 0 unspecified atom stereocenters. The highest BCUT2D eigenvalue weighted by atomic mass is 16.3. The maximum atomic E-state index is 13.6. The number of aryl methyl sites for hydroxylation is 1. The molecule has 1 aromatic heterocycles. The number of aliphatic hydroxyl groups excluding tert-OH is 1. The molecule has 0 saturated carbocycles. The second kappa shape index (κ2) is 7.49. The van der Waals surface area contributed by atoms with E-state index in [1.165, 1.54) is 4.57 Å². The van der Waals surface area contributed by atoms with Gasteiger partial charge in [0.25, 0.3) is 5.56 Å². The van der Waals surface area contributed by atoms with E-state index in [1.807, 2.05) is 24.3 Å². The molecule has 1 aliphatic rings. The summed E-state index contributed by atoms with van der Waals surface area (Å²) >= 11 is 0. The second-order valence-electron chi connectivity index (χ2n) is 7.78. The van der Waals surface area contributed by atoms with Gasteiger partial charge in [-0.15, -0.1) is 0 Å². The van der Waals surface area contributed by atoms with E-state index in [0.29, 0.717) is 45.3 Å². The number of aliphatic hydroxyl groups is 1. The number of ketones is 1. The number of hydrogen-bond acceptors (Lipinski definition) is 5. The van der Waals surface area contributed by atoms with Crippen LogP contribution in [0.5, 0.6) is 0 Å². The van der Waals surface area contributed by atoms with Crippen LogP contribution in [0.15, 0.2) is 65.5 Å². The fourth-order valence-electron chi connectivity index (χ4n) is 4.42. The molecular weight excluding hydrogens is 402 g/mol. The van der Waals surface area contributed by atoms with Crippen molar-refractivity contribution in [3.8, 4) is 17.2 Å². The van der Waals surface area contributed by atoms with Crippen molar-refractivity contribution in [3.63, 3.8) is 0 Å². The molecule has 6 heteroatoms. The van der Waals surface area contributed by atoms with E-state index in [1.54, 1.807) is 43.4 Å². The molecule has 32 heavy (non-hydrogen) atoms. The summed E-state index contributed by atoms with van der Waals surface area (Å²) in [5.41, 5.74) is 4.70. The number of carbonyl (C=O) groups excluding carboxylic acids is 1. The zero-order chi connectivity index (χ0) is 22.4. The Morgan fingerprint density at radius 1 is 0.969 bits per heavy atom. The molecule has 4 aromatic rings. The number of fused-ring (bicyclic) bond motifs is 2. The molecule has 0 atom stereocenters. The average Bonchev–Trinajstić information content (AvgIpc) is 2.81. The number of aromatic nitrogens is 1. The normalized spacial score (nSPS) is 11.8. The Balaban J connectivity index is 1.80. The first-order valence-electron chi connectivity index (χ1n) is 10.3. The number of carbonyl (C=O) groups is 1. The third-order valence-electron chi connectivity index (χ3n) is 5.98. The molecule has 1 aliphatic carbocycles. The summed E-state index contributed by atoms with van der Waals surface area (Å²) in [6.07, 6.45) is 0.575. The van der Waals surface area contributed by atoms with Gasteiger partial charge in [-0.2, -0.15) is 5.26 Å². The van der Waals surface area contributed by atoms with Gasteiger partial charge >= 0.3 is 0 Å². The van der Waals surface area contributed by atoms with Crippen molar-refractivity contribution in [1.82, 2.24) is 4.57 Å². The molecule has 0 radical (unpaired) electrons. The quantitative estimate of drug-likeness (QED) is 0.459. The maximum absolute atomic E-state index is 13.6. The van der Waals surface area contributed by atoms with Gasteiger partial charge in [-0.05, 0) is 41.8 Å². The molecule has 5 rings (SSSR count). The predicted octanol–water partition coefficient (Wildman–Crippen LogP) is 3.90. The van der Waals surface area contributed by atoms with Crippen LogP contribution in [0.1, 0.15) is 27.0 Å². The van der Waals surface area contributed by atoms with Crippen molar-refractivity contribution < 1.29 is 9.90 Å². The van der Waals surface area contributed by atoms with E-state index in [4.69, 9.17) is 5.11 Å². The first kappa shape index (κ1) is 19.7. The van der Waals surface area contributed by atoms with Crippen LogP contribution in [0.25, 0.3) is 22.0 Å². The van der Waals surface area contributed by atoms with Gasteiger partial charge in [0, 0.05) is 35.9 Å². The number of nitrogens with zero attached hydrogens (tertiary/aromatic N) is 2. The third kappa shape index (κ3) is 2.83. The lowest BCUT2D eigenvalue weighted by Crippen LogP contribution is -2.24. The van der Waals surface area contributed by atoms with Crippen molar-refractivity contribution in [2.75, 3.05) is 11.9 Å². The summed E-state index contributed by atoms with van der Waals surface area (Å²) in [6.45, 7) is 0.0816. The molecule has 0 spiro atoms. The average molecular weight is 421 g/mol. The Kier molecular flexibility index (Phi) is 4.62. The summed E-state index contributed by atoms with van der Waals surface area (Å²) in [4.78, 5) is 26.5. The minimum atomic E-state index is -0.384. The third-order valence-corrected chi connectivity index (χ3v) is 5.98. The molecular formula is C26H19N3O3. The Labute approximate surface area is 184 Å². The summed E-state index contributed by atoms with van der Waals surface area (Å²) in [5, 5.41) is 22.9. The number of nitriles is 1. The summed E-state index contributed by atoms with van der Waals surface area (Å²) in [7, 11) is 1.62. The Bertz CT molecular complexity index is 1510. The summed E-state index contributed by atoms with van der Waals surface area (Å²) in [6, 6.07) is 20.4. The van der Waals surface area contributed by atoms with Gasteiger partial charge in [-0.25, -0.2) is 0 Å². The van der Waals surface area contributed by atoms with Gasteiger partial charge < -0.3 is 15.0 Å². The topological polar surface area (TPSA) is 95.1 Å². The molecule has 3 aromatic carbocycles. The lowest BCUT2D eigenvalue weighted by Gasteiger charge is -2.24. The van der Waals surface area contributed by atoms with Gasteiger partial charge in [-0.3, -0.25) is 9.59 Å². The molecule has 0 fully saturated rings. The Hall–Kier alpha value is -4.21. The van der Waals surface area contributed by atoms with E-state index in [0.717, 1.165) is 11.3 Å². The van der Waals surface area contributed by atoms with Crippen LogP contribution in [-0.4, -0.2) is 22.1 Å². The molecule has 156 valence electrons. The standard InChI is InChI=1S/C26H19N3O3/c1-29-21-11-10-20(28-16-8-6-15(7-9-16)12-13-30)23-24(21)22(19(14-27)26(29)32)17-4-2-3-5-18(17)25(23)31/h2-11,28,30H,12-13H2,1H3. The van der Waals surface area contributed by atoms with Crippen molar-refractivity contribution >= 4 is 28.1 Å². The predicted molar refractivity (Wildman–Crippen MR) is 123 cm³/mol. The minimum absolute atomic E-state index is 0.0340. The smallest absolute Gasteiger partial charge is 0.269 e. The van der Waals surface area contributed by atoms with Crippen LogP contribution < -0.4 is 10.9 Å². The van der Waals surface area contributed by atoms with Crippen LogP contribution in [-0.2, 0) is 13.5 Å². The zero-order valence-electron chi connectivity index (χ0n) is 17.3. The monoisotopic (exact) mass is 421 g/mol. The van der Waals surface area contributed by atoms with Crippen LogP contribution in [0.4, 0.5) is 11.4 Å². The Morgan fingerprint density at radius 3 is 2.38 bits per heavy atom. The highest BCUT2D eigenvalue weighted by Crippen LogP contribution is 2.43.